The van der Waals surface area contributed by atoms with Gasteiger partial charge in [-0.05, 0) is 17.3 Å². The van der Waals surface area contributed by atoms with E-state index in [4.69, 9.17) is 0 Å². The summed E-state index contributed by atoms with van der Waals surface area (Å²) < 4.78 is 36.9. The van der Waals surface area contributed by atoms with Crippen LogP contribution in [-0.4, -0.2) is 12.0 Å². The van der Waals surface area contributed by atoms with E-state index in [1.807, 2.05) is 41.5 Å². The van der Waals surface area contributed by atoms with Crippen molar-refractivity contribution in [2.75, 3.05) is 0 Å². The fourth-order valence-corrected chi connectivity index (χ4v) is 2.37. The van der Waals surface area contributed by atoms with Crippen LogP contribution in [-0.2, 0) is 4.79 Å². The van der Waals surface area contributed by atoms with Gasteiger partial charge in [-0.2, -0.15) is 13.2 Å². The van der Waals surface area contributed by atoms with Gasteiger partial charge in [0, 0.05) is 11.8 Å². The molecule has 1 atom stereocenters. The third kappa shape index (κ3) is 5.96. The smallest absolute Gasteiger partial charge is 0.299 e. The normalized spacial score (nSPS) is 17.2. The topological polar surface area (TPSA) is 17.1 Å². The highest BCUT2D eigenvalue weighted by molar-refractivity contribution is 5.85. The van der Waals surface area contributed by atoms with Gasteiger partial charge >= 0.3 is 6.18 Å². The Balaban J connectivity index is 5.12. The third-order valence-corrected chi connectivity index (χ3v) is 3.79. The molecular formula is C15H27F3O. The zero-order valence-electron chi connectivity index (χ0n) is 13.2. The molecule has 0 heterocycles. The van der Waals surface area contributed by atoms with E-state index in [0.29, 0.717) is 6.42 Å². The minimum atomic E-state index is -4.27. The molecule has 1 unspecified atom stereocenters. The van der Waals surface area contributed by atoms with Crippen LogP contribution in [0.15, 0.2) is 0 Å². The Bertz CT molecular complexity index is 318. The van der Waals surface area contributed by atoms with E-state index >= 15 is 0 Å². The summed E-state index contributed by atoms with van der Waals surface area (Å²) in [5.74, 6) is -0.285. The number of halogens is 3. The fraction of sp³-hybridized carbons (Fsp3) is 0.933. The number of hydrogen-bond acceptors (Lipinski definition) is 1. The molecule has 0 aliphatic carbocycles. The zero-order chi connectivity index (χ0) is 15.7. The van der Waals surface area contributed by atoms with Crippen LogP contribution >= 0.6 is 0 Å². The minimum absolute atomic E-state index is 0.101. The Kier molecular flexibility index (Phi) is 5.30. The number of ketones is 1. The van der Waals surface area contributed by atoms with E-state index in [1.54, 1.807) is 6.92 Å². The molecule has 0 aliphatic heterocycles. The molecule has 0 N–H and O–H groups in total. The lowest BCUT2D eigenvalue weighted by Crippen LogP contribution is -2.43. The van der Waals surface area contributed by atoms with Crippen LogP contribution in [0.4, 0.5) is 13.2 Å². The van der Waals surface area contributed by atoms with Crippen LogP contribution in [0.3, 0.4) is 0 Å². The molecular weight excluding hydrogens is 253 g/mol. The van der Waals surface area contributed by atoms with Gasteiger partial charge in [0.15, 0.2) is 0 Å². The van der Waals surface area contributed by atoms with Crippen molar-refractivity contribution in [3.63, 3.8) is 0 Å². The van der Waals surface area contributed by atoms with Crippen molar-refractivity contribution >= 4 is 5.78 Å². The highest BCUT2D eigenvalue weighted by Gasteiger charge is 2.46. The second kappa shape index (κ2) is 5.45. The van der Waals surface area contributed by atoms with E-state index in [9.17, 15) is 18.0 Å². The standard InChI is InChI=1S/C15H27F3O/c1-12(2,3)10-14(7,13(4,5)6)11(19)8-9-15(16,17)18/h8-10H2,1-7H3. The van der Waals surface area contributed by atoms with Crippen molar-refractivity contribution in [1.82, 2.24) is 0 Å². The summed E-state index contributed by atoms with van der Waals surface area (Å²) in [6, 6.07) is 0. The second-order valence-corrected chi connectivity index (χ2v) is 7.86. The van der Waals surface area contributed by atoms with E-state index in [0.717, 1.165) is 0 Å². The number of alkyl halides is 3. The Hall–Kier alpha value is -0.540. The Morgan fingerprint density at radius 2 is 1.32 bits per heavy atom. The van der Waals surface area contributed by atoms with Crippen LogP contribution in [0.2, 0.25) is 0 Å². The average molecular weight is 280 g/mol. The quantitative estimate of drug-likeness (QED) is 0.675. The number of carbonyl (C=O) groups excluding carboxylic acids is 1. The molecule has 114 valence electrons. The summed E-state index contributed by atoms with van der Waals surface area (Å²) in [5, 5.41) is 0. The predicted molar refractivity (Wildman–Crippen MR) is 71.9 cm³/mol. The molecule has 1 nitrogen and oxygen atoms in total. The van der Waals surface area contributed by atoms with Crippen molar-refractivity contribution in [1.29, 1.82) is 0 Å². The molecule has 0 radical (unpaired) electrons. The van der Waals surface area contributed by atoms with E-state index in [2.05, 4.69) is 0 Å². The first kappa shape index (κ1) is 18.5. The lowest BCUT2D eigenvalue weighted by Gasteiger charge is -2.44. The second-order valence-electron chi connectivity index (χ2n) is 7.86. The third-order valence-electron chi connectivity index (χ3n) is 3.79. The largest absolute Gasteiger partial charge is 0.389 e. The number of hydrogen-bond donors (Lipinski definition) is 0. The molecule has 0 aliphatic rings. The maximum absolute atomic E-state index is 12.3. The van der Waals surface area contributed by atoms with E-state index in [-0.39, 0.29) is 16.6 Å². The first-order valence-corrected chi connectivity index (χ1v) is 6.69. The van der Waals surface area contributed by atoms with E-state index < -0.39 is 24.4 Å². The molecule has 0 amide bonds. The molecule has 0 spiro atoms. The maximum Gasteiger partial charge on any atom is 0.389 e. The van der Waals surface area contributed by atoms with Crippen molar-refractivity contribution < 1.29 is 18.0 Å². The van der Waals surface area contributed by atoms with E-state index in [1.165, 1.54) is 0 Å². The van der Waals surface area contributed by atoms with Gasteiger partial charge < -0.3 is 0 Å². The average Bonchev–Trinajstić information content (AvgIpc) is 2.07. The summed E-state index contributed by atoms with van der Waals surface area (Å²) in [5.41, 5.74) is -1.20. The molecule has 0 saturated carbocycles. The summed E-state index contributed by atoms with van der Waals surface area (Å²) >= 11 is 0. The number of rotatable bonds is 4. The molecule has 0 bridgehead atoms. The van der Waals surface area contributed by atoms with Crippen molar-refractivity contribution in [3.8, 4) is 0 Å². The van der Waals surface area contributed by atoms with Gasteiger partial charge in [-0.15, -0.1) is 0 Å². The molecule has 0 saturated heterocycles. The molecule has 0 aromatic heterocycles. The molecule has 0 fully saturated rings. The SMILES string of the molecule is CC(C)(C)CC(C)(C(=O)CCC(F)(F)F)C(C)(C)C. The lowest BCUT2D eigenvalue weighted by atomic mass is 9.58. The summed E-state index contributed by atoms with van der Waals surface area (Å²) in [7, 11) is 0. The number of carbonyl (C=O) groups is 1. The molecule has 0 aromatic rings. The summed E-state index contributed by atoms with van der Waals surface area (Å²) in [6.07, 6.45) is -5.13. The van der Waals surface area contributed by atoms with Crippen LogP contribution in [0.5, 0.6) is 0 Å². The number of Topliss-reactive ketones (excluding diaryl/α,β-unsaturated/α-hetero) is 1. The maximum atomic E-state index is 12.3. The molecule has 0 aromatic carbocycles. The summed E-state index contributed by atoms with van der Waals surface area (Å²) in [6.45, 7) is 13.6. The highest BCUT2D eigenvalue weighted by Crippen LogP contribution is 2.48. The Morgan fingerprint density at radius 3 is 1.58 bits per heavy atom. The first-order chi connectivity index (χ1) is 8.08. The molecule has 4 heteroatoms. The van der Waals surface area contributed by atoms with Crippen LogP contribution in [0.1, 0.15) is 67.7 Å². The highest BCUT2D eigenvalue weighted by atomic mass is 19.4. The van der Waals surface area contributed by atoms with Crippen molar-refractivity contribution in [3.05, 3.63) is 0 Å². The van der Waals surface area contributed by atoms with Gasteiger partial charge in [-0.25, -0.2) is 0 Å². The molecule has 0 rings (SSSR count). The fourth-order valence-electron chi connectivity index (χ4n) is 2.37. The minimum Gasteiger partial charge on any atom is -0.299 e. The van der Waals surface area contributed by atoms with Crippen molar-refractivity contribution in [2.45, 2.75) is 73.9 Å². The van der Waals surface area contributed by atoms with Gasteiger partial charge in [0.05, 0.1) is 6.42 Å². The van der Waals surface area contributed by atoms with Gasteiger partial charge in [-0.3, -0.25) is 4.79 Å². The van der Waals surface area contributed by atoms with Gasteiger partial charge in [0.25, 0.3) is 0 Å². The van der Waals surface area contributed by atoms with Gasteiger partial charge in [-0.1, -0.05) is 48.5 Å². The van der Waals surface area contributed by atoms with Gasteiger partial charge in [0.1, 0.15) is 5.78 Å². The molecule has 19 heavy (non-hydrogen) atoms. The Morgan fingerprint density at radius 1 is 0.895 bits per heavy atom. The van der Waals surface area contributed by atoms with Crippen LogP contribution in [0.25, 0.3) is 0 Å². The van der Waals surface area contributed by atoms with Crippen LogP contribution in [0, 0.1) is 16.2 Å². The van der Waals surface area contributed by atoms with Crippen LogP contribution < -0.4 is 0 Å². The monoisotopic (exact) mass is 280 g/mol. The predicted octanol–water partition coefficient (Wildman–Crippen LogP) is 5.39. The lowest BCUT2D eigenvalue weighted by molar-refractivity contribution is -0.152. The Labute approximate surface area is 115 Å². The zero-order valence-corrected chi connectivity index (χ0v) is 13.2. The first-order valence-electron chi connectivity index (χ1n) is 6.69. The summed E-state index contributed by atoms with van der Waals surface area (Å²) in [4.78, 5) is 12.3. The van der Waals surface area contributed by atoms with Crippen molar-refractivity contribution in [2.24, 2.45) is 16.2 Å². The van der Waals surface area contributed by atoms with Gasteiger partial charge in [0.2, 0.25) is 0 Å².